The summed E-state index contributed by atoms with van der Waals surface area (Å²) < 4.78 is 5.44. The minimum Gasteiger partial charge on any atom is -0.496 e. The molecule has 25 heavy (non-hydrogen) atoms. The number of carbonyl (C=O) groups is 1. The van der Waals surface area contributed by atoms with Gasteiger partial charge in [0.15, 0.2) is 0 Å². The monoisotopic (exact) mass is 338 g/mol. The van der Waals surface area contributed by atoms with Crippen LogP contribution < -0.4 is 15.8 Å². The first-order chi connectivity index (χ1) is 12.2. The van der Waals surface area contributed by atoms with Crippen LogP contribution in [0.15, 0.2) is 36.4 Å². The molecule has 132 valence electrons. The molecule has 0 radical (unpaired) electrons. The maximum atomic E-state index is 13.1. The fraction of sp³-hybridized carbons (Fsp3) is 0.476. The number of amides is 1. The summed E-state index contributed by atoms with van der Waals surface area (Å²) in [6, 6.07) is 12.2. The van der Waals surface area contributed by atoms with Crippen molar-refractivity contribution in [1.29, 1.82) is 0 Å². The highest BCUT2D eigenvalue weighted by Crippen LogP contribution is 2.40. The second-order valence-corrected chi connectivity index (χ2v) is 7.54. The van der Waals surface area contributed by atoms with E-state index in [-0.39, 0.29) is 11.9 Å². The Hall–Kier alpha value is -2.07. The third-order valence-electron chi connectivity index (χ3n) is 6.02. The first-order valence-electron chi connectivity index (χ1n) is 9.29. The van der Waals surface area contributed by atoms with Gasteiger partial charge >= 0.3 is 0 Å². The van der Waals surface area contributed by atoms with Gasteiger partial charge in [0, 0.05) is 23.0 Å². The van der Waals surface area contributed by atoms with Gasteiger partial charge in [-0.1, -0.05) is 30.7 Å². The molecule has 2 unspecified atom stereocenters. The molecule has 0 aromatic heterocycles. The summed E-state index contributed by atoms with van der Waals surface area (Å²) in [5.74, 6) is 1.87. The highest BCUT2D eigenvalue weighted by atomic mass is 16.5. The van der Waals surface area contributed by atoms with Crippen LogP contribution in [-0.4, -0.2) is 25.1 Å². The van der Waals surface area contributed by atoms with Crippen molar-refractivity contribution < 1.29 is 9.53 Å². The molecule has 0 spiro atoms. The Bertz CT molecular complexity index is 775. The van der Waals surface area contributed by atoms with E-state index in [1.807, 2.05) is 36.4 Å². The lowest BCUT2D eigenvalue weighted by Gasteiger charge is -2.45. The third kappa shape index (κ3) is 2.99. The van der Waals surface area contributed by atoms with Crippen LogP contribution in [0.2, 0.25) is 0 Å². The van der Waals surface area contributed by atoms with Gasteiger partial charge in [-0.15, -0.1) is 0 Å². The average molecular weight is 338 g/mol. The molecule has 2 aromatic rings. The van der Waals surface area contributed by atoms with Gasteiger partial charge < -0.3 is 15.8 Å². The molecule has 4 heteroatoms. The molecular formula is C21H26N2O2. The SMILES string of the molecule is COc1ccc(C(=O)NC2C3CCCC2CC(N)C3)c2ccccc12. The van der Waals surface area contributed by atoms with Gasteiger partial charge in [-0.25, -0.2) is 0 Å². The van der Waals surface area contributed by atoms with Crippen LogP contribution in [0.1, 0.15) is 42.5 Å². The summed E-state index contributed by atoms with van der Waals surface area (Å²) in [4.78, 5) is 13.1. The van der Waals surface area contributed by atoms with Crippen LogP contribution in [0.3, 0.4) is 0 Å². The number of carbonyl (C=O) groups excluding carboxylic acids is 1. The van der Waals surface area contributed by atoms with Gasteiger partial charge in [0.25, 0.3) is 5.91 Å². The van der Waals surface area contributed by atoms with Crippen LogP contribution in [-0.2, 0) is 0 Å². The highest BCUT2D eigenvalue weighted by molar-refractivity contribution is 6.08. The first-order valence-corrected chi connectivity index (χ1v) is 9.29. The zero-order valence-corrected chi connectivity index (χ0v) is 14.7. The van der Waals surface area contributed by atoms with E-state index in [0.29, 0.717) is 17.9 Å². The highest BCUT2D eigenvalue weighted by Gasteiger charge is 2.40. The van der Waals surface area contributed by atoms with Gasteiger partial charge in [0.1, 0.15) is 5.75 Å². The van der Waals surface area contributed by atoms with Gasteiger partial charge in [-0.05, 0) is 55.0 Å². The fourth-order valence-corrected chi connectivity index (χ4v) is 4.90. The average Bonchev–Trinajstić information content (AvgIpc) is 2.61. The molecule has 2 saturated carbocycles. The van der Waals surface area contributed by atoms with E-state index in [1.165, 1.54) is 19.3 Å². The maximum absolute atomic E-state index is 13.1. The second-order valence-electron chi connectivity index (χ2n) is 7.54. The van der Waals surface area contributed by atoms with Crippen LogP contribution in [0.4, 0.5) is 0 Å². The van der Waals surface area contributed by atoms with Gasteiger partial charge in [0.05, 0.1) is 7.11 Å². The molecule has 3 N–H and O–H groups in total. The van der Waals surface area contributed by atoms with Crippen molar-refractivity contribution in [2.45, 2.75) is 44.2 Å². The molecule has 1 amide bonds. The van der Waals surface area contributed by atoms with Crippen molar-refractivity contribution in [3.63, 3.8) is 0 Å². The number of hydrogen-bond donors (Lipinski definition) is 2. The largest absolute Gasteiger partial charge is 0.496 e. The summed E-state index contributed by atoms with van der Waals surface area (Å²) in [6.45, 7) is 0. The molecule has 2 aliphatic rings. The standard InChI is InChI=1S/C21H26N2O2/c1-25-19-10-9-18(16-7-2-3-8-17(16)19)21(24)23-20-13-5-4-6-14(20)12-15(22)11-13/h2-3,7-10,13-15,20H,4-6,11-12,22H2,1H3,(H,23,24). The topological polar surface area (TPSA) is 64.3 Å². The smallest absolute Gasteiger partial charge is 0.252 e. The number of fused-ring (bicyclic) bond motifs is 3. The molecular weight excluding hydrogens is 312 g/mol. The molecule has 2 fully saturated rings. The predicted octanol–water partition coefficient (Wildman–Crippen LogP) is 3.48. The third-order valence-corrected chi connectivity index (χ3v) is 6.02. The zero-order chi connectivity index (χ0) is 17.4. The van der Waals surface area contributed by atoms with E-state index >= 15 is 0 Å². The van der Waals surface area contributed by atoms with Crippen LogP contribution in [0.5, 0.6) is 5.75 Å². The number of benzene rings is 2. The predicted molar refractivity (Wildman–Crippen MR) is 99.8 cm³/mol. The normalized spacial score (nSPS) is 28.6. The number of ether oxygens (including phenoxy) is 1. The van der Waals surface area contributed by atoms with Gasteiger partial charge in [-0.3, -0.25) is 4.79 Å². The molecule has 0 saturated heterocycles. The van der Waals surface area contributed by atoms with Crippen molar-refractivity contribution >= 4 is 16.7 Å². The molecule has 4 nitrogen and oxygen atoms in total. The molecule has 2 bridgehead atoms. The van der Waals surface area contributed by atoms with Crippen LogP contribution >= 0.6 is 0 Å². The summed E-state index contributed by atoms with van der Waals surface area (Å²) in [7, 11) is 1.66. The van der Waals surface area contributed by atoms with E-state index in [4.69, 9.17) is 10.5 Å². The Morgan fingerprint density at radius 1 is 1.08 bits per heavy atom. The maximum Gasteiger partial charge on any atom is 0.252 e. The fourth-order valence-electron chi connectivity index (χ4n) is 4.90. The summed E-state index contributed by atoms with van der Waals surface area (Å²) in [5.41, 5.74) is 6.94. The molecule has 0 heterocycles. The van der Waals surface area contributed by atoms with Crippen molar-refractivity contribution in [2.24, 2.45) is 17.6 Å². The lowest BCUT2D eigenvalue weighted by atomic mass is 9.67. The summed E-state index contributed by atoms with van der Waals surface area (Å²) in [6.07, 6.45) is 5.69. The zero-order valence-electron chi connectivity index (χ0n) is 14.7. The molecule has 0 aliphatic heterocycles. The Morgan fingerprint density at radius 3 is 2.44 bits per heavy atom. The molecule has 2 atom stereocenters. The number of nitrogens with two attached hydrogens (primary N) is 1. The summed E-state index contributed by atoms with van der Waals surface area (Å²) >= 11 is 0. The number of nitrogens with one attached hydrogen (secondary N) is 1. The first kappa shape index (κ1) is 16.4. The number of rotatable bonds is 3. The quantitative estimate of drug-likeness (QED) is 0.900. The Morgan fingerprint density at radius 2 is 1.76 bits per heavy atom. The Balaban J connectivity index is 1.63. The lowest BCUT2D eigenvalue weighted by molar-refractivity contribution is 0.0757. The van der Waals surface area contributed by atoms with E-state index in [0.717, 1.165) is 34.9 Å². The van der Waals surface area contributed by atoms with Crippen molar-refractivity contribution in [3.8, 4) is 5.75 Å². The number of methoxy groups -OCH3 is 1. The number of hydrogen-bond acceptors (Lipinski definition) is 3. The molecule has 2 aliphatic carbocycles. The van der Waals surface area contributed by atoms with E-state index in [1.54, 1.807) is 7.11 Å². The van der Waals surface area contributed by atoms with Crippen molar-refractivity contribution in [1.82, 2.24) is 5.32 Å². The second kappa shape index (κ2) is 6.68. The molecule has 2 aromatic carbocycles. The minimum absolute atomic E-state index is 0.0243. The van der Waals surface area contributed by atoms with E-state index in [9.17, 15) is 4.79 Å². The molecule has 4 rings (SSSR count). The van der Waals surface area contributed by atoms with E-state index < -0.39 is 0 Å². The van der Waals surface area contributed by atoms with Crippen LogP contribution in [0.25, 0.3) is 10.8 Å². The van der Waals surface area contributed by atoms with E-state index in [2.05, 4.69) is 5.32 Å². The van der Waals surface area contributed by atoms with Crippen LogP contribution in [0, 0.1) is 11.8 Å². The Kier molecular flexibility index (Phi) is 4.38. The van der Waals surface area contributed by atoms with Gasteiger partial charge in [0.2, 0.25) is 0 Å². The van der Waals surface area contributed by atoms with Gasteiger partial charge in [-0.2, -0.15) is 0 Å². The van der Waals surface area contributed by atoms with Crippen molar-refractivity contribution in [3.05, 3.63) is 42.0 Å². The Labute approximate surface area is 148 Å². The van der Waals surface area contributed by atoms with Crippen molar-refractivity contribution in [2.75, 3.05) is 7.11 Å². The lowest BCUT2D eigenvalue weighted by Crippen LogP contribution is -2.53. The minimum atomic E-state index is 0.0243. The summed E-state index contributed by atoms with van der Waals surface area (Å²) in [5, 5.41) is 5.27.